The third-order valence-corrected chi connectivity index (χ3v) is 7.59. The minimum absolute atomic E-state index is 0.0940. The molecule has 5 rings (SSSR count). The van der Waals surface area contributed by atoms with E-state index in [2.05, 4.69) is 44.9 Å². The minimum Gasteiger partial charge on any atom is -0.464 e. The number of fused-ring (bicyclic) bond motifs is 3. The molecule has 33 heavy (non-hydrogen) atoms. The molecule has 1 saturated heterocycles. The monoisotopic (exact) mass is 474 g/mol. The zero-order valence-electron chi connectivity index (χ0n) is 19.5. The van der Waals surface area contributed by atoms with E-state index in [0.29, 0.717) is 18.2 Å². The molecule has 0 aliphatic carbocycles. The van der Waals surface area contributed by atoms with Crippen LogP contribution in [0, 0.1) is 0 Å². The fourth-order valence-corrected chi connectivity index (χ4v) is 6.11. The van der Waals surface area contributed by atoms with Gasteiger partial charge in [-0.25, -0.2) is 9.37 Å². The summed E-state index contributed by atoms with van der Waals surface area (Å²) in [6, 6.07) is 8.48. The van der Waals surface area contributed by atoms with E-state index < -0.39 is 5.67 Å². The van der Waals surface area contributed by atoms with Gasteiger partial charge in [-0.2, -0.15) is 0 Å². The van der Waals surface area contributed by atoms with E-state index in [9.17, 15) is 8.78 Å². The summed E-state index contributed by atoms with van der Waals surface area (Å²) in [4.78, 5) is 13.7. The number of nitrogens with one attached hydrogen (secondary N) is 1. The highest BCUT2D eigenvalue weighted by molar-refractivity contribution is 7.13. The van der Waals surface area contributed by atoms with Gasteiger partial charge in [-0.3, -0.25) is 14.2 Å². The van der Waals surface area contributed by atoms with Crippen molar-refractivity contribution in [1.29, 1.82) is 0 Å². The Bertz CT molecular complexity index is 1100. The van der Waals surface area contributed by atoms with Crippen LogP contribution in [0.1, 0.15) is 49.4 Å². The van der Waals surface area contributed by atoms with E-state index in [-0.39, 0.29) is 24.9 Å². The normalized spacial score (nSPS) is 22.5. The smallest absolute Gasteiger partial charge is 0.273 e. The Hall–Kier alpha value is -2.03. The third-order valence-electron chi connectivity index (χ3n) is 6.65. The van der Waals surface area contributed by atoms with Crippen LogP contribution in [0.5, 0.6) is 5.19 Å². The predicted molar refractivity (Wildman–Crippen MR) is 129 cm³/mol. The number of thiazole rings is 1. The van der Waals surface area contributed by atoms with Crippen LogP contribution < -0.4 is 4.74 Å². The molecule has 0 spiro atoms. The number of aromatic nitrogens is 2. The van der Waals surface area contributed by atoms with Gasteiger partial charge in [-0.05, 0) is 45.2 Å². The first-order valence-corrected chi connectivity index (χ1v) is 12.6. The molecule has 0 amide bonds. The molecule has 3 aromatic rings. The number of likely N-dealkylation sites (tertiary alicyclic amines) is 1. The summed E-state index contributed by atoms with van der Waals surface area (Å²) in [7, 11) is 0. The lowest BCUT2D eigenvalue weighted by molar-refractivity contribution is 0.0183. The van der Waals surface area contributed by atoms with Crippen molar-refractivity contribution in [2.45, 2.75) is 57.5 Å². The zero-order chi connectivity index (χ0) is 23.2. The van der Waals surface area contributed by atoms with Crippen LogP contribution in [0.2, 0.25) is 0 Å². The van der Waals surface area contributed by atoms with Gasteiger partial charge in [0.15, 0.2) is 0 Å². The molecule has 0 radical (unpaired) electrons. The van der Waals surface area contributed by atoms with Crippen molar-refractivity contribution in [2.24, 2.45) is 0 Å². The number of halogens is 2. The molecule has 1 fully saturated rings. The largest absolute Gasteiger partial charge is 0.464 e. The molecule has 5 nitrogen and oxygen atoms in total. The van der Waals surface area contributed by atoms with E-state index in [4.69, 9.17) is 4.74 Å². The van der Waals surface area contributed by atoms with Gasteiger partial charge in [0.25, 0.3) is 5.19 Å². The van der Waals surface area contributed by atoms with Gasteiger partial charge in [0.2, 0.25) is 0 Å². The van der Waals surface area contributed by atoms with Crippen molar-refractivity contribution in [3.63, 3.8) is 0 Å². The number of rotatable bonds is 8. The summed E-state index contributed by atoms with van der Waals surface area (Å²) >= 11 is 1.55. The molecule has 8 heteroatoms. The van der Waals surface area contributed by atoms with Crippen molar-refractivity contribution in [1.82, 2.24) is 19.8 Å². The van der Waals surface area contributed by atoms with Gasteiger partial charge in [0, 0.05) is 55.0 Å². The Morgan fingerprint density at radius 2 is 2.06 bits per heavy atom. The highest BCUT2D eigenvalue weighted by Crippen LogP contribution is 2.44. The molecule has 178 valence electrons. The van der Waals surface area contributed by atoms with E-state index >= 15 is 0 Å². The second kappa shape index (κ2) is 8.96. The average molecular weight is 475 g/mol. The van der Waals surface area contributed by atoms with Gasteiger partial charge in [-0.1, -0.05) is 29.5 Å². The summed E-state index contributed by atoms with van der Waals surface area (Å²) in [6.07, 6.45) is 3.43. The standard InChI is InChI=1S/C25H32F2N4OS/c1-16-11-19-18-7-4-5-8-20(18)29-22(19)23(31(16)15-25(2,3)27)21-12-28-24(33-21)32-17-13-30(14-17)10-6-9-26/h4-5,7-8,12,16-17,23,29H,6,9-11,13-15H2,1-3H3/t16-,23-/m1/s1. The SMILES string of the molecule is C[C@@H]1Cc2c([nH]c3ccccc23)[C@@H](c2cnc(OC3CN(CCCF)C3)s2)N1CC(C)(C)F. The van der Waals surface area contributed by atoms with Crippen LogP contribution in [0.4, 0.5) is 8.78 Å². The van der Waals surface area contributed by atoms with Crippen LogP contribution >= 0.6 is 11.3 Å². The number of aromatic amines is 1. The Morgan fingerprint density at radius 1 is 1.27 bits per heavy atom. The van der Waals surface area contributed by atoms with Gasteiger partial charge < -0.3 is 9.72 Å². The number of hydrogen-bond donors (Lipinski definition) is 1. The Balaban J connectivity index is 1.42. The molecule has 0 bridgehead atoms. The highest BCUT2D eigenvalue weighted by atomic mass is 32.1. The fourth-order valence-electron chi connectivity index (χ4n) is 5.15. The fraction of sp³-hybridized carbons (Fsp3) is 0.560. The summed E-state index contributed by atoms with van der Waals surface area (Å²) in [5.74, 6) is 0. The second-order valence-electron chi connectivity index (χ2n) is 9.98. The van der Waals surface area contributed by atoms with Crippen LogP contribution in [0.15, 0.2) is 30.5 Å². The van der Waals surface area contributed by atoms with Crippen molar-refractivity contribution in [2.75, 3.05) is 32.9 Å². The number of benzene rings is 1. The lowest BCUT2D eigenvalue weighted by Gasteiger charge is -2.42. The Labute approximate surface area is 197 Å². The minimum atomic E-state index is -1.31. The van der Waals surface area contributed by atoms with Crippen molar-refractivity contribution in [3.8, 4) is 5.19 Å². The maximum atomic E-state index is 14.9. The second-order valence-corrected chi connectivity index (χ2v) is 11.0. The Morgan fingerprint density at radius 3 is 2.82 bits per heavy atom. The quantitative estimate of drug-likeness (QED) is 0.492. The van der Waals surface area contributed by atoms with E-state index in [0.717, 1.165) is 42.1 Å². The number of para-hydroxylation sites is 1. The molecule has 1 N–H and O–H groups in total. The van der Waals surface area contributed by atoms with Gasteiger partial charge in [0.05, 0.1) is 17.6 Å². The summed E-state index contributed by atoms with van der Waals surface area (Å²) in [5.41, 5.74) is 2.25. The maximum Gasteiger partial charge on any atom is 0.273 e. The number of H-pyrrole nitrogens is 1. The number of alkyl halides is 2. The van der Waals surface area contributed by atoms with Gasteiger partial charge in [0.1, 0.15) is 11.8 Å². The lowest BCUT2D eigenvalue weighted by Crippen LogP contribution is -2.53. The number of hydrogen-bond acceptors (Lipinski definition) is 5. The molecule has 4 heterocycles. The molecular weight excluding hydrogens is 442 g/mol. The summed E-state index contributed by atoms with van der Waals surface area (Å²) in [6.45, 7) is 7.92. The third kappa shape index (κ3) is 4.66. The molecule has 2 aliphatic rings. The van der Waals surface area contributed by atoms with E-state index in [1.54, 1.807) is 25.2 Å². The van der Waals surface area contributed by atoms with Crippen LogP contribution in [0.3, 0.4) is 0 Å². The van der Waals surface area contributed by atoms with Crippen LogP contribution in [-0.4, -0.2) is 70.4 Å². The van der Waals surface area contributed by atoms with E-state index in [1.807, 2.05) is 12.3 Å². The number of nitrogens with zero attached hydrogens (tertiary/aromatic N) is 3. The molecule has 2 aromatic heterocycles. The van der Waals surface area contributed by atoms with Gasteiger partial charge >= 0.3 is 0 Å². The van der Waals surface area contributed by atoms with E-state index in [1.165, 1.54) is 10.9 Å². The molecule has 0 unspecified atom stereocenters. The zero-order valence-corrected chi connectivity index (χ0v) is 20.3. The average Bonchev–Trinajstić information content (AvgIpc) is 3.34. The molecule has 2 aliphatic heterocycles. The van der Waals surface area contributed by atoms with Gasteiger partial charge in [-0.15, -0.1) is 0 Å². The summed E-state index contributed by atoms with van der Waals surface area (Å²) in [5, 5.41) is 1.89. The molecule has 2 atom stereocenters. The first kappa shape index (κ1) is 22.7. The topological polar surface area (TPSA) is 44.4 Å². The predicted octanol–water partition coefficient (Wildman–Crippen LogP) is 5.13. The van der Waals surface area contributed by atoms with Crippen LogP contribution in [-0.2, 0) is 6.42 Å². The maximum absolute atomic E-state index is 14.9. The van der Waals surface area contributed by atoms with Crippen LogP contribution in [0.25, 0.3) is 10.9 Å². The number of ether oxygens (including phenoxy) is 1. The lowest BCUT2D eigenvalue weighted by atomic mass is 9.90. The summed E-state index contributed by atoms with van der Waals surface area (Å²) < 4.78 is 33.3. The molecule has 1 aromatic carbocycles. The first-order chi connectivity index (χ1) is 15.8. The van der Waals surface area contributed by atoms with Crippen molar-refractivity contribution in [3.05, 3.63) is 46.6 Å². The first-order valence-electron chi connectivity index (χ1n) is 11.8. The molecular formula is C25H32F2N4OS. The highest BCUT2D eigenvalue weighted by Gasteiger charge is 2.39. The van der Waals surface area contributed by atoms with Crippen molar-refractivity contribution >= 4 is 22.2 Å². The van der Waals surface area contributed by atoms with Crippen molar-refractivity contribution < 1.29 is 13.5 Å². The Kier molecular flexibility index (Phi) is 6.18. The molecule has 0 saturated carbocycles.